The van der Waals surface area contributed by atoms with Crippen molar-refractivity contribution in [2.45, 2.75) is 45.6 Å². The summed E-state index contributed by atoms with van der Waals surface area (Å²) in [5, 5.41) is 26.6. The molecule has 0 aromatic rings. The Morgan fingerprint density at radius 2 is 2.04 bits per heavy atom. The number of esters is 2. The number of nitrogens with zero attached hydrogens (tertiary/aromatic N) is 4. The predicted molar refractivity (Wildman–Crippen MR) is 86.7 cm³/mol. The van der Waals surface area contributed by atoms with Gasteiger partial charge in [0.25, 0.3) is 0 Å². The van der Waals surface area contributed by atoms with E-state index in [1.807, 2.05) is 12.1 Å². The summed E-state index contributed by atoms with van der Waals surface area (Å²) in [5.41, 5.74) is -1.21. The first-order chi connectivity index (χ1) is 11.9. The van der Waals surface area contributed by atoms with Crippen LogP contribution in [0.2, 0.25) is 0 Å². The highest BCUT2D eigenvalue weighted by atomic mass is 16.5. The SMILES string of the molecule is CCOC(=O)C(C)(C1=CC(CCCCC(=O)OC)N=N1)C(C#N)C#N. The maximum Gasteiger partial charge on any atom is 0.320 e. The maximum absolute atomic E-state index is 12.4. The van der Waals surface area contributed by atoms with Crippen LogP contribution < -0.4 is 0 Å². The number of rotatable bonds is 9. The van der Waals surface area contributed by atoms with Gasteiger partial charge in [-0.05, 0) is 32.8 Å². The van der Waals surface area contributed by atoms with Crippen molar-refractivity contribution in [3.63, 3.8) is 0 Å². The summed E-state index contributed by atoms with van der Waals surface area (Å²) < 4.78 is 9.62. The molecule has 8 heteroatoms. The Morgan fingerprint density at radius 3 is 2.60 bits per heavy atom. The van der Waals surface area contributed by atoms with E-state index < -0.39 is 17.3 Å². The normalized spacial score (nSPS) is 18.0. The lowest BCUT2D eigenvalue weighted by atomic mass is 9.75. The maximum atomic E-state index is 12.4. The van der Waals surface area contributed by atoms with Crippen LogP contribution in [0.5, 0.6) is 0 Å². The molecule has 0 N–H and O–H groups in total. The van der Waals surface area contributed by atoms with Gasteiger partial charge in [-0.3, -0.25) is 9.59 Å². The van der Waals surface area contributed by atoms with Crippen LogP contribution >= 0.6 is 0 Å². The number of azo groups is 1. The van der Waals surface area contributed by atoms with E-state index in [0.29, 0.717) is 19.3 Å². The third-order valence-electron chi connectivity index (χ3n) is 4.09. The van der Waals surface area contributed by atoms with Crippen LogP contribution in [0.4, 0.5) is 0 Å². The molecule has 0 saturated carbocycles. The van der Waals surface area contributed by atoms with Gasteiger partial charge in [-0.1, -0.05) is 6.42 Å². The number of hydrogen-bond donors (Lipinski definition) is 0. The van der Waals surface area contributed by atoms with Crippen LogP contribution in [-0.2, 0) is 19.1 Å². The van der Waals surface area contributed by atoms with Crippen molar-refractivity contribution in [1.29, 1.82) is 10.5 Å². The molecule has 0 bridgehead atoms. The molecule has 0 fully saturated rings. The molecule has 134 valence electrons. The molecule has 0 spiro atoms. The zero-order valence-corrected chi connectivity index (χ0v) is 14.7. The summed E-state index contributed by atoms with van der Waals surface area (Å²) in [5.74, 6) is -2.15. The lowest BCUT2D eigenvalue weighted by Gasteiger charge is -2.26. The smallest absolute Gasteiger partial charge is 0.320 e. The molecule has 2 unspecified atom stereocenters. The van der Waals surface area contributed by atoms with Crippen LogP contribution in [0.15, 0.2) is 22.0 Å². The van der Waals surface area contributed by atoms with Crippen molar-refractivity contribution >= 4 is 11.9 Å². The largest absolute Gasteiger partial charge is 0.469 e. The Morgan fingerprint density at radius 1 is 1.36 bits per heavy atom. The second kappa shape index (κ2) is 9.53. The number of ether oxygens (including phenoxy) is 2. The van der Waals surface area contributed by atoms with E-state index in [-0.39, 0.29) is 24.3 Å². The van der Waals surface area contributed by atoms with Gasteiger partial charge in [0.2, 0.25) is 0 Å². The van der Waals surface area contributed by atoms with Crippen molar-refractivity contribution in [1.82, 2.24) is 0 Å². The fourth-order valence-corrected chi connectivity index (χ4v) is 2.47. The summed E-state index contributed by atoms with van der Waals surface area (Å²) in [4.78, 5) is 23.4. The minimum Gasteiger partial charge on any atom is -0.469 e. The van der Waals surface area contributed by atoms with Gasteiger partial charge in [0, 0.05) is 6.42 Å². The first kappa shape index (κ1) is 20.3. The molecule has 1 heterocycles. The number of carbonyl (C=O) groups is 2. The second-order valence-electron chi connectivity index (χ2n) is 5.77. The lowest BCUT2D eigenvalue weighted by molar-refractivity contribution is -0.153. The van der Waals surface area contributed by atoms with Gasteiger partial charge in [-0.15, -0.1) is 0 Å². The van der Waals surface area contributed by atoms with Gasteiger partial charge < -0.3 is 9.47 Å². The molecule has 1 aliphatic rings. The molecule has 8 nitrogen and oxygen atoms in total. The Kier molecular flexibility index (Phi) is 7.74. The predicted octanol–water partition coefficient (Wildman–Crippen LogP) is 2.67. The summed E-state index contributed by atoms with van der Waals surface area (Å²) in [7, 11) is 1.35. The van der Waals surface area contributed by atoms with Crippen LogP contribution in [0.25, 0.3) is 0 Å². The molecule has 2 atom stereocenters. The average Bonchev–Trinajstić information content (AvgIpc) is 3.08. The van der Waals surface area contributed by atoms with Gasteiger partial charge in [0.05, 0.1) is 37.6 Å². The summed E-state index contributed by atoms with van der Waals surface area (Å²) in [6.45, 7) is 3.27. The third kappa shape index (κ3) is 4.87. The second-order valence-corrected chi connectivity index (χ2v) is 5.77. The lowest BCUT2D eigenvalue weighted by Crippen LogP contribution is -2.37. The van der Waals surface area contributed by atoms with Gasteiger partial charge in [0.15, 0.2) is 5.92 Å². The van der Waals surface area contributed by atoms with Crippen LogP contribution in [-0.4, -0.2) is 31.7 Å². The standard InChI is InChI=1S/C17H22N4O4/c1-4-25-16(23)17(2,12(10-18)11-19)14-9-13(20-21-14)7-5-6-8-15(22)24-3/h9,12-13H,4-8H2,1-3H3. The van der Waals surface area contributed by atoms with E-state index in [1.54, 1.807) is 13.0 Å². The fourth-order valence-electron chi connectivity index (χ4n) is 2.47. The number of nitriles is 2. The Balaban J connectivity index is 2.83. The number of unbranched alkanes of at least 4 members (excludes halogenated alkanes) is 1. The highest BCUT2D eigenvalue weighted by Gasteiger charge is 2.48. The first-order valence-corrected chi connectivity index (χ1v) is 8.10. The number of methoxy groups -OCH3 is 1. The zero-order valence-electron chi connectivity index (χ0n) is 14.7. The van der Waals surface area contributed by atoms with Crippen molar-refractivity contribution in [3.8, 4) is 12.1 Å². The quantitative estimate of drug-likeness (QED) is 0.467. The van der Waals surface area contributed by atoms with E-state index in [1.165, 1.54) is 14.0 Å². The molecular weight excluding hydrogens is 324 g/mol. The Bertz CT molecular complexity index is 630. The number of carbonyl (C=O) groups excluding carboxylic acids is 2. The summed E-state index contributed by atoms with van der Waals surface area (Å²) in [6.07, 6.45) is 4.07. The molecule has 0 saturated heterocycles. The average molecular weight is 346 g/mol. The minimum atomic E-state index is -1.48. The van der Waals surface area contributed by atoms with E-state index in [9.17, 15) is 20.1 Å². The van der Waals surface area contributed by atoms with Crippen LogP contribution in [0.1, 0.15) is 39.5 Å². The summed E-state index contributed by atoms with van der Waals surface area (Å²) >= 11 is 0. The van der Waals surface area contributed by atoms with E-state index >= 15 is 0 Å². The van der Waals surface area contributed by atoms with Gasteiger partial charge in [-0.2, -0.15) is 20.8 Å². The molecule has 1 aliphatic heterocycles. The molecule has 0 aromatic carbocycles. The molecule has 1 rings (SSSR count). The van der Waals surface area contributed by atoms with E-state index in [4.69, 9.17) is 4.74 Å². The van der Waals surface area contributed by atoms with Crippen LogP contribution in [0, 0.1) is 34.0 Å². The Labute approximate surface area is 147 Å². The van der Waals surface area contributed by atoms with Gasteiger partial charge >= 0.3 is 11.9 Å². The monoisotopic (exact) mass is 346 g/mol. The van der Waals surface area contributed by atoms with Crippen molar-refractivity contribution in [3.05, 3.63) is 11.8 Å². The molecule has 0 amide bonds. The third-order valence-corrected chi connectivity index (χ3v) is 4.09. The van der Waals surface area contributed by atoms with Gasteiger partial charge in [-0.25, -0.2) is 0 Å². The number of hydrogen-bond acceptors (Lipinski definition) is 8. The molecule has 0 aliphatic carbocycles. The van der Waals surface area contributed by atoms with Crippen molar-refractivity contribution < 1.29 is 19.1 Å². The van der Waals surface area contributed by atoms with Crippen LogP contribution in [0.3, 0.4) is 0 Å². The van der Waals surface area contributed by atoms with Crippen molar-refractivity contribution in [2.75, 3.05) is 13.7 Å². The highest BCUT2D eigenvalue weighted by Crippen LogP contribution is 2.40. The molecule has 0 aromatic heterocycles. The van der Waals surface area contributed by atoms with E-state index in [2.05, 4.69) is 15.0 Å². The minimum absolute atomic E-state index is 0.138. The van der Waals surface area contributed by atoms with Gasteiger partial charge in [0.1, 0.15) is 5.41 Å². The Hall–Kier alpha value is -2.74. The molecule has 0 radical (unpaired) electrons. The zero-order chi connectivity index (χ0) is 18.9. The fraction of sp³-hybridized carbons (Fsp3) is 0.647. The highest BCUT2D eigenvalue weighted by molar-refractivity contribution is 5.81. The topological polar surface area (TPSA) is 125 Å². The van der Waals surface area contributed by atoms with E-state index in [0.717, 1.165) is 6.42 Å². The molecular formula is C17H22N4O4. The summed E-state index contributed by atoms with van der Waals surface area (Å²) in [6, 6.07) is 3.43. The first-order valence-electron chi connectivity index (χ1n) is 8.10. The molecule has 25 heavy (non-hydrogen) atoms. The van der Waals surface area contributed by atoms with Crippen molar-refractivity contribution in [2.24, 2.45) is 21.6 Å².